The van der Waals surface area contributed by atoms with Gasteiger partial charge in [-0.15, -0.1) is 0 Å². The van der Waals surface area contributed by atoms with Gasteiger partial charge in [0.2, 0.25) is 0 Å². The Morgan fingerprint density at radius 3 is 2.68 bits per heavy atom. The lowest BCUT2D eigenvalue weighted by molar-refractivity contribution is -0.211. The van der Waals surface area contributed by atoms with Crippen LogP contribution < -0.4 is 0 Å². The molecule has 5 heteroatoms. The summed E-state index contributed by atoms with van der Waals surface area (Å²) in [6.07, 6.45) is 5.18. The summed E-state index contributed by atoms with van der Waals surface area (Å²) in [5.74, 6) is 0. The lowest BCUT2D eigenvalue weighted by Gasteiger charge is -2.37. The Labute approximate surface area is 114 Å². The van der Waals surface area contributed by atoms with Gasteiger partial charge in [0.05, 0.1) is 19.8 Å². The second-order valence-electron chi connectivity index (χ2n) is 4.85. The summed E-state index contributed by atoms with van der Waals surface area (Å²) in [5.41, 5.74) is 0. The zero-order chi connectivity index (χ0) is 14.1. The summed E-state index contributed by atoms with van der Waals surface area (Å²) in [4.78, 5) is 0. The van der Waals surface area contributed by atoms with E-state index in [1.807, 2.05) is 0 Å². The highest BCUT2D eigenvalue weighted by Crippen LogP contribution is 2.18. The maximum atomic E-state index is 9.83. The van der Waals surface area contributed by atoms with Gasteiger partial charge in [-0.3, -0.25) is 0 Å². The Morgan fingerprint density at radius 2 is 2.00 bits per heavy atom. The fourth-order valence-corrected chi connectivity index (χ4v) is 2.05. The largest absolute Gasteiger partial charge is 0.394 e. The molecule has 4 atom stereocenters. The standard InChI is InChI=1S/C14H26O5/c1-2-3-4-5-6-7-8-18-14-12(9-15)19-10-11(16)13(14)17/h5-6,11-17H,2-4,7-10H2,1H3/b6-5+/t11-,12+,13+,14+/m0/s1. The molecule has 19 heavy (non-hydrogen) atoms. The van der Waals surface area contributed by atoms with Crippen molar-refractivity contribution in [3.63, 3.8) is 0 Å². The van der Waals surface area contributed by atoms with Crippen LogP contribution in [0.15, 0.2) is 12.2 Å². The zero-order valence-electron chi connectivity index (χ0n) is 11.6. The van der Waals surface area contributed by atoms with Crippen molar-refractivity contribution < 1.29 is 24.8 Å². The van der Waals surface area contributed by atoms with Crippen LogP contribution in [-0.2, 0) is 9.47 Å². The molecule has 0 saturated carbocycles. The van der Waals surface area contributed by atoms with Crippen LogP contribution in [0.25, 0.3) is 0 Å². The molecule has 3 N–H and O–H groups in total. The van der Waals surface area contributed by atoms with E-state index in [0.717, 1.165) is 12.8 Å². The summed E-state index contributed by atoms with van der Waals surface area (Å²) >= 11 is 0. The van der Waals surface area contributed by atoms with Gasteiger partial charge in [-0.2, -0.15) is 0 Å². The number of hydrogen-bond donors (Lipinski definition) is 3. The van der Waals surface area contributed by atoms with Gasteiger partial charge in [0.1, 0.15) is 24.4 Å². The normalized spacial score (nSPS) is 32.0. The average Bonchev–Trinajstić information content (AvgIpc) is 2.42. The van der Waals surface area contributed by atoms with E-state index >= 15 is 0 Å². The Hall–Kier alpha value is -0.460. The van der Waals surface area contributed by atoms with Crippen LogP contribution in [0.5, 0.6) is 0 Å². The Kier molecular flexibility index (Phi) is 8.25. The molecule has 5 nitrogen and oxygen atoms in total. The molecule has 1 heterocycles. The van der Waals surface area contributed by atoms with E-state index in [1.165, 1.54) is 12.8 Å². The van der Waals surface area contributed by atoms with Gasteiger partial charge in [-0.05, 0) is 12.8 Å². The number of aliphatic hydroxyl groups is 3. The molecule has 1 rings (SSSR count). The van der Waals surface area contributed by atoms with Crippen LogP contribution in [0.1, 0.15) is 32.6 Å². The number of allylic oxidation sites excluding steroid dienone is 1. The second-order valence-corrected chi connectivity index (χ2v) is 4.85. The van der Waals surface area contributed by atoms with Crippen molar-refractivity contribution in [3.8, 4) is 0 Å². The van der Waals surface area contributed by atoms with Gasteiger partial charge in [0.15, 0.2) is 0 Å². The first kappa shape index (κ1) is 16.6. The Balaban J connectivity index is 2.26. The van der Waals surface area contributed by atoms with Crippen molar-refractivity contribution in [2.24, 2.45) is 0 Å². The van der Waals surface area contributed by atoms with Crippen LogP contribution in [0.3, 0.4) is 0 Å². The van der Waals surface area contributed by atoms with Gasteiger partial charge in [0.25, 0.3) is 0 Å². The highest BCUT2D eigenvalue weighted by Gasteiger charge is 2.38. The van der Waals surface area contributed by atoms with Gasteiger partial charge in [-0.1, -0.05) is 31.9 Å². The maximum absolute atomic E-state index is 9.83. The van der Waals surface area contributed by atoms with Crippen molar-refractivity contribution >= 4 is 0 Å². The first-order valence-corrected chi connectivity index (χ1v) is 7.05. The van der Waals surface area contributed by atoms with Gasteiger partial charge >= 0.3 is 0 Å². The summed E-state index contributed by atoms with van der Waals surface area (Å²) in [6.45, 7) is 2.41. The van der Waals surface area contributed by atoms with E-state index in [0.29, 0.717) is 6.61 Å². The third kappa shape index (κ3) is 5.58. The summed E-state index contributed by atoms with van der Waals surface area (Å²) in [5, 5.41) is 28.5. The molecule has 1 saturated heterocycles. The molecule has 0 aromatic carbocycles. The minimum absolute atomic E-state index is 0.0309. The molecule has 0 unspecified atom stereocenters. The third-order valence-corrected chi connectivity index (χ3v) is 3.24. The fraction of sp³-hybridized carbons (Fsp3) is 0.857. The Bertz CT molecular complexity index is 254. The van der Waals surface area contributed by atoms with Gasteiger partial charge in [-0.25, -0.2) is 0 Å². The molecule has 112 valence electrons. The first-order valence-electron chi connectivity index (χ1n) is 7.05. The molecule has 0 aromatic heterocycles. The monoisotopic (exact) mass is 274 g/mol. The van der Waals surface area contributed by atoms with Crippen LogP contribution in [-0.4, -0.2) is 59.6 Å². The average molecular weight is 274 g/mol. The number of unbranched alkanes of at least 4 members (excludes halogenated alkanes) is 2. The fourth-order valence-electron chi connectivity index (χ4n) is 2.05. The molecular weight excluding hydrogens is 248 g/mol. The van der Waals surface area contributed by atoms with Crippen LogP contribution in [0, 0.1) is 0 Å². The number of ether oxygens (including phenoxy) is 2. The lowest BCUT2D eigenvalue weighted by atomic mass is 10.0. The topological polar surface area (TPSA) is 79.2 Å². The quantitative estimate of drug-likeness (QED) is 0.447. The van der Waals surface area contributed by atoms with Crippen LogP contribution >= 0.6 is 0 Å². The van der Waals surface area contributed by atoms with E-state index < -0.39 is 24.4 Å². The molecule has 0 bridgehead atoms. The summed E-state index contributed by atoms with van der Waals surface area (Å²) in [7, 11) is 0. The second kappa shape index (κ2) is 9.44. The van der Waals surface area contributed by atoms with E-state index in [-0.39, 0.29) is 13.2 Å². The molecule has 1 aliphatic rings. The van der Waals surface area contributed by atoms with Crippen molar-refractivity contribution in [2.75, 3.05) is 19.8 Å². The summed E-state index contributed by atoms with van der Waals surface area (Å²) in [6, 6.07) is 0. The van der Waals surface area contributed by atoms with Gasteiger partial charge in [0, 0.05) is 0 Å². The van der Waals surface area contributed by atoms with E-state index in [1.54, 1.807) is 0 Å². The van der Waals surface area contributed by atoms with Crippen molar-refractivity contribution in [1.82, 2.24) is 0 Å². The minimum Gasteiger partial charge on any atom is -0.394 e. The molecule has 0 spiro atoms. The minimum atomic E-state index is -1.00. The van der Waals surface area contributed by atoms with Crippen LogP contribution in [0.2, 0.25) is 0 Å². The highest BCUT2D eigenvalue weighted by molar-refractivity contribution is 4.88. The van der Waals surface area contributed by atoms with Crippen molar-refractivity contribution in [2.45, 2.75) is 57.0 Å². The van der Waals surface area contributed by atoms with Crippen LogP contribution in [0.4, 0.5) is 0 Å². The zero-order valence-corrected chi connectivity index (χ0v) is 11.6. The van der Waals surface area contributed by atoms with E-state index in [2.05, 4.69) is 19.1 Å². The first-order chi connectivity index (χ1) is 9.20. The SMILES string of the molecule is CCCC/C=C/CCO[C@H]1[C@H](O)[C@@H](O)CO[C@@H]1CO. The van der Waals surface area contributed by atoms with Crippen molar-refractivity contribution in [1.29, 1.82) is 0 Å². The third-order valence-electron chi connectivity index (χ3n) is 3.24. The number of rotatable bonds is 8. The number of aliphatic hydroxyl groups excluding tert-OH is 3. The smallest absolute Gasteiger partial charge is 0.114 e. The molecule has 1 aliphatic heterocycles. The van der Waals surface area contributed by atoms with Gasteiger partial charge < -0.3 is 24.8 Å². The summed E-state index contributed by atoms with van der Waals surface area (Å²) < 4.78 is 10.8. The van der Waals surface area contributed by atoms with Crippen molar-refractivity contribution in [3.05, 3.63) is 12.2 Å². The molecular formula is C14H26O5. The number of hydrogen-bond acceptors (Lipinski definition) is 5. The van der Waals surface area contributed by atoms with E-state index in [4.69, 9.17) is 14.6 Å². The highest BCUT2D eigenvalue weighted by atomic mass is 16.6. The predicted molar refractivity (Wildman–Crippen MR) is 71.9 cm³/mol. The molecule has 1 fully saturated rings. The molecule has 0 aromatic rings. The molecule has 0 radical (unpaired) electrons. The Morgan fingerprint density at radius 1 is 1.26 bits per heavy atom. The lowest BCUT2D eigenvalue weighted by Crippen LogP contribution is -2.55. The maximum Gasteiger partial charge on any atom is 0.114 e. The van der Waals surface area contributed by atoms with E-state index in [9.17, 15) is 10.2 Å². The molecule has 0 amide bonds. The predicted octanol–water partition coefficient (Wildman–Crippen LogP) is 0.621. The molecule has 0 aliphatic carbocycles.